The van der Waals surface area contributed by atoms with E-state index >= 15 is 0 Å². The molecule has 0 bridgehead atoms. The number of aliphatic hydroxyl groups is 1. The van der Waals surface area contributed by atoms with E-state index in [0.29, 0.717) is 17.0 Å². The number of ether oxygens (including phenoxy) is 1. The van der Waals surface area contributed by atoms with E-state index in [1.54, 1.807) is 13.0 Å². The van der Waals surface area contributed by atoms with Crippen molar-refractivity contribution < 1.29 is 14.6 Å². The summed E-state index contributed by atoms with van der Waals surface area (Å²) in [5, 5.41) is 14.7. The van der Waals surface area contributed by atoms with E-state index in [9.17, 15) is 9.90 Å². The Morgan fingerprint density at radius 2 is 2.17 bits per heavy atom. The number of esters is 1. The van der Waals surface area contributed by atoms with Gasteiger partial charge in [-0.15, -0.1) is 0 Å². The van der Waals surface area contributed by atoms with Crippen LogP contribution in [0.25, 0.3) is 16.9 Å². The molecule has 0 aliphatic rings. The van der Waals surface area contributed by atoms with Crippen molar-refractivity contribution >= 4 is 39.1 Å². The number of carbonyl (C=O) groups is 1. The molecule has 0 amide bonds. The number of aromatic nitrogens is 3. The van der Waals surface area contributed by atoms with Crippen LogP contribution in [0.3, 0.4) is 0 Å². The molecule has 0 aliphatic carbocycles. The zero-order valence-electron chi connectivity index (χ0n) is 12.8. The van der Waals surface area contributed by atoms with E-state index in [-0.39, 0.29) is 10.7 Å². The monoisotopic (exact) mass is 409 g/mol. The van der Waals surface area contributed by atoms with Crippen LogP contribution in [-0.2, 0) is 9.53 Å². The normalized spacial score (nSPS) is 12.4. The molecule has 6 nitrogen and oxygen atoms in total. The van der Waals surface area contributed by atoms with E-state index in [2.05, 4.69) is 30.7 Å². The summed E-state index contributed by atoms with van der Waals surface area (Å²) in [6, 6.07) is 9.44. The first-order chi connectivity index (χ1) is 11.4. The lowest BCUT2D eigenvalue weighted by molar-refractivity contribution is -0.150. The molecule has 3 aromatic rings. The van der Waals surface area contributed by atoms with Gasteiger partial charge in [-0.2, -0.15) is 5.10 Å². The number of carbonyl (C=O) groups excluding carboxylic acids is 1. The maximum absolute atomic E-state index is 11.6. The number of fused-ring (bicyclic) bond motifs is 1. The lowest BCUT2D eigenvalue weighted by atomic mass is 10.1. The molecule has 8 heteroatoms. The van der Waals surface area contributed by atoms with Crippen LogP contribution in [0.4, 0.5) is 0 Å². The van der Waals surface area contributed by atoms with Gasteiger partial charge in [0.25, 0.3) is 0 Å². The second-order valence-electron chi connectivity index (χ2n) is 5.14. The highest BCUT2D eigenvalue weighted by Gasteiger charge is 2.26. The van der Waals surface area contributed by atoms with E-state index in [1.165, 1.54) is 11.6 Å². The average Bonchev–Trinajstić information content (AvgIpc) is 2.98. The molecule has 1 N–H and O–H groups in total. The van der Waals surface area contributed by atoms with Gasteiger partial charge in [-0.3, -0.25) is 0 Å². The molecule has 0 aliphatic heterocycles. The summed E-state index contributed by atoms with van der Waals surface area (Å²) in [6.45, 7) is 1.67. The van der Waals surface area contributed by atoms with Crippen LogP contribution in [0.2, 0.25) is 5.15 Å². The van der Waals surface area contributed by atoms with E-state index in [1.807, 2.05) is 24.3 Å². The van der Waals surface area contributed by atoms with Crippen molar-refractivity contribution in [1.82, 2.24) is 14.6 Å². The van der Waals surface area contributed by atoms with Crippen LogP contribution in [0, 0.1) is 6.92 Å². The summed E-state index contributed by atoms with van der Waals surface area (Å²) in [5.74, 6) is -0.805. The zero-order valence-corrected chi connectivity index (χ0v) is 15.2. The molecular weight excluding hydrogens is 398 g/mol. The predicted molar refractivity (Wildman–Crippen MR) is 92.8 cm³/mol. The van der Waals surface area contributed by atoms with Gasteiger partial charge < -0.3 is 9.84 Å². The maximum atomic E-state index is 11.6. The van der Waals surface area contributed by atoms with Crippen LogP contribution in [0.15, 0.2) is 34.8 Å². The Hall–Kier alpha value is -1.96. The molecule has 0 unspecified atom stereocenters. The summed E-state index contributed by atoms with van der Waals surface area (Å²) in [4.78, 5) is 16.0. The van der Waals surface area contributed by atoms with Gasteiger partial charge in [0.1, 0.15) is 5.15 Å². The number of hydrogen-bond acceptors (Lipinski definition) is 5. The van der Waals surface area contributed by atoms with Crippen molar-refractivity contribution in [3.8, 4) is 11.3 Å². The highest BCUT2D eigenvalue weighted by Crippen LogP contribution is 2.29. The Bertz CT molecular complexity index is 942. The third kappa shape index (κ3) is 2.90. The molecule has 0 saturated heterocycles. The number of methoxy groups -OCH3 is 1. The molecule has 124 valence electrons. The molecule has 2 aromatic heterocycles. The molecule has 3 rings (SSSR count). The fraction of sp³-hybridized carbons (Fsp3) is 0.188. The van der Waals surface area contributed by atoms with Crippen molar-refractivity contribution in [3.05, 3.63) is 51.2 Å². The van der Waals surface area contributed by atoms with Crippen molar-refractivity contribution in [2.24, 2.45) is 0 Å². The van der Waals surface area contributed by atoms with Gasteiger partial charge in [-0.05, 0) is 19.1 Å². The van der Waals surface area contributed by atoms with Crippen molar-refractivity contribution in [2.75, 3.05) is 7.11 Å². The smallest absolute Gasteiger partial charge is 0.339 e. The molecule has 1 atom stereocenters. The van der Waals surface area contributed by atoms with E-state index < -0.39 is 12.1 Å². The van der Waals surface area contributed by atoms with Gasteiger partial charge in [0.2, 0.25) is 0 Å². The second-order valence-corrected chi connectivity index (χ2v) is 6.41. The number of benzene rings is 1. The van der Waals surface area contributed by atoms with Crippen molar-refractivity contribution in [1.29, 1.82) is 0 Å². The van der Waals surface area contributed by atoms with Crippen LogP contribution in [0.1, 0.15) is 17.4 Å². The molecule has 24 heavy (non-hydrogen) atoms. The van der Waals surface area contributed by atoms with Crippen LogP contribution in [-0.4, -0.2) is 32.8 Å². The van der Waals surface area contributed by atoms with Crippen molar-refractivity contribution in [2.45, 2.75) is 13.0 Å². The number of aryl methyl sites for hydroxylation is 1. The highest BCUT2D eigenvalue weighted by atomic mass is 79.9. The largest absolute Gasteiger partial charge is 0.467 e. The lowest BCUT2D eigenvalue weighted by Crippen LogP contribution is -2.17. The molecule has 0 saturated carbocycles. The molecule has 0 spiro atoms. The first-order valence-electron chi connectivity index (χ1n) is 7.00. The van der Waals surface area contributed by atoms with Gasteiger partial charge in [0, 0.05) is 21.8 Å². The number of hydrogen-bond donors (Lipinski definition) is 1. The minimum atomic E-state index is -1.52. The quantitative estimate of drug-likeness (QED) is 0.529. The summed E-state index contributed by atoms with van der Waals surface area (Å²) in [7, 11) is 1.19. The molecule has 0 fully saturated rings. The van der Waals surface area contributed by atoms with Gasteiger partial charge in [-0.1, -0.05) is 39.7 Å². The highest BCUT2D eigenvalue weighted by molar-refractivity contribution is 9.10. The number of aliphatic hydroxyl groups excluding tert-OH is 1. The number of rotatable bonds is 3. The van der Waals surface area contributed by atoms with E-state index in [4.69, 9.17) is 11.6 Å². The third-order valence-electron chi connectivity index (χ3n) is 3.59. The second kappa shape index (κ2) is 6.51. The summed E-state index contributed by atoms with van der Waals surface area (Å²) < 4.78 is 6.89. The summed E-state index contributed by atoms with van der Waals surface area (Å²) in [5.41, 5.74) is 2.70. The first-order valence-corrected chi connectivity index (χ1v) is 8.17. The van der Waals surface area contributed by atoms with Crippen molar-refractivity contribution in [3.63, 3.8) is 0 Å². The van der Waals surface area contributed by atoms with Gasteiger partial charge >= 0.3 is 5.97 Å². The average molecular weight is 411 g/mol. The molecule has 1 aromatic carbocycles. The predicted octanol–water partition coefficient (Wildman–Crippen LogP) is 3.33. The fourth-order valence-corrected chi connectivity index (χ4v) is 3.18. The lowest BCUT2D eigenvalue weighted by Gasteiger charge is -2.13. The minimum Gasteiger partial charge on any atom is -0.467 e. The van der Waals surface area contributed by atoms with Crippen LogP contribution < -0.4 is 0 Å². The standard InChI is InChI=1S/C16H13BrClN3O3/c1-8-13(14(22)16(23)24-2)15(18)21-12(19-8)7-11(20-21)9-4-3-5-10(17)6-9/h3-7,14,22H,1-2H3/t14-/m0/s1. The first kappa shape index (κ1) is 16.9. The van der Waals surface area contributed by atoms with Gasteiger partial charge in [-0.25, -0.2) is 14.3 Å². The minimum absolute atomic E-state index is 0.122. The molecule has 2 heterocycles. The Kier molecular flexibility index (Phi) is 4.58. The maximum Gasteiger partial charge on any atom is 0.339 e. The molecular formula is C16H13BrClN3O3. The Labute approximate surface area is 151 Å². The van der Waals surface area contributed by atoms with Crippen LogP contribution in [0.5, 0.6) is 0 Å². The third-order valence-corrected chi connectivity index (χ3v) is 4.45. The Balaban J connectivity index is 2.17. The number of halogens is 2. The van der Waals surface area contributed by atoms with Gasteiger partial charge in [0.15, 0.2) is 11.8 Å². The van der Waals surface area contributed by atoms with Gasteiger partial charge in [0.05, 0.1) is 18.4 Å². The van der Waals surface area contributed by atoms with E-state index in [0.717, 1.165) is 10.0 Å². The zero-order chi connectivity index (χ0) is 17.4. The topological polar surface area (TPSA) is 76.7 Å². The SMILES string of the molecule is COC(=O)[C@@H](O)c1c(C)nc2cc(-c3cccc(Br)c3)nn2c1Cl. The number of nitrogens with zero attached hydrogens (tertiary/aromatic N) is 3. The van der Waals surface area contributed by atoms with Crippen LogP contribution >= 0.6 is 27.5 Å². The Morgan fingerprint density at radius 1 is 1.42 bits per heavy atom. The summed E-state index contributed by atoms with van der Waals surface area (Å²) >= 11 is 9.78. The summed E-state index contributed by atoms with van der Waals surface area (Å²) in [6.07, 6.45) is -1.52. The molecule has 0 radical (unpaired) electrons. The Morgan fingerprint density at radius 3 is 2.83 bits per heavy atom. The fourth-order valence-electron chi connectivity index (χ4n) is 2.42.